The maximum absolute atomic E-state index is 13.0. The van der Waals surface area contributed by atoms with Crippen LogP contribution < -0.4 is 0 Å². The van der Waals surface area contributed by atoms with Gasteiger partial charge in [0, 0.05) is 22.7 Å². The van der Waals surface area contributed by atoms with Gasteiger partial charge in [-0.05, 0) is 30.7 Å². The van der Waals surface area contributed by atoms with Crippen molar-refractivity contribution in [3.8, 4) is 0 Å². The number of hydrogen-bond donors (Lipinski definition) is 1. The Labute approximate surface area is 159 Å². The van der Waals surface area contributed by atoms with E-state index in [1.54, 1.807) is 0 Å². The Hall–Kier alpha value is -1.83. The van der Waals surface area contributed by atoms with Crippen molar-refractivity contribution in [3.63, 3.8) is 0 Å². The molecule has 3 rings (SSSR count). The lowest BCUT2D eigenvalue weighted by Crippen LogP contribution is -2.30. The smallest absolute Gasteiger partial charge is 0.254 e. The van der Waals surface area contributed by atoms with Crippen LogP contribution in [0.1, 0.15) is 27.7 Å². The van der Waals surface area contributed by atoms with Crippen LogP contribution in [0.2, 0.25) is 4.34 Å². The van der Waals surface area contributed by atoms with Crippen molar-refractivity contribution in [2.75, 3.05) is 6.54 Å². The van der Waals surface area contributed by atoms with Crippen molar-refractivity contribution in [1.82, 2.24) is 20.1 Å². The van der Waals surface area contributed by atoms with Gasteiger partial charge < -0.3 is 4.90 Å². The molecule has 5 nitrogen and oxygen atoms in total. The van der Waals surface area contributed by atoms with Gasteiger partial charge in [-0.15, -0.1) is 11.3 Å². The molecule has 0 aliphatic heterocycles. The third-order valence-corrected chi connectivity index (χ3v) is 5.79. The van der Waals surface area contributed by atoms with Gasteiger partial charge in [0.1, 0.15) is 6.33 Å². The van der Waals surface area contributed by atoms with Crippen molar-refractivity contribution >= 4 is 40.6 Å². The Morgan fingerprint density at radius 2 is 2.16 bits per heavy atom. The zero-order valence-corrected chi connectivity index (χ0v) is 16.0. The van der Waals surface area contributed by atoms with Gasteiger partial charge in [0.05, 0.1) is 10.9 Å². The Kier molecular flexibility index (Phi) is 6.12. The van der Waals surface area contributed by atoms with E-state index in [2.05, 4.69) is 15.2 Å². The minimum atomic E-state index is 0.0285. The van der Waals surface area contributed by atoms with E-state index < -0.39 is 0 Å². The van der Waals surface area contributed by atoms with E-state index in [0.717, 1.165) is 25.5 Å². The lowest BCUT2D eigenvalue weighted by atomic mass is 10.1. The summed E-state index contributed by atoms with van der Waals surface area (Å²) in [5, 5.41) is 7.40. The molecular formula is C17H17ClN4OS2. The third kappa shape index (κ3) is 4.62. The SMILES string of the molecule is CCN(Cc1ccc(Cl)s1)C(=O)c1ccccc1CSc1ncn[nH]1. The lowest BCUT2D eigenvalue weighted by Gasteiger charge is -2.21. The molecule has 2 heterocycles. The van der Waals surface area contributed by atoms with Crippen LogP contribution in [-0.2, 0) is 12.3 Å². The molecule has 130 valence electrons. The van der Waals surface area contributed by atoms with E-state index in [9.17, 15) is 4.79 Å². The number of thiophene rings is 1. The second-order valence-electron chi connectivity index (χ2n) is 5.26. The molecule has 1 aromatic carbocycles. The molecule has 3 aromatic rings. The number of nitrogens with one attached hydrogen (secondary N) is 1. The molecule has 0 bridgehead atoms. The predicted molar refractivity (Wildman–Crippen MR) is 102 cm³/mol. The lowest BCUT2D eigenvalue weighted by molar-refractivity contribution is 0.0753. The van der Waals surface area contributed by atoms with Crippen molar-refractivity contribution in [1.29, 1.82) is 0 Å². The minimum absolute atomic E-state index is 0.0285. The monoisotopic (exact) mass is 392 g/mol. The summed E-state index contributed by atoms with van der Waals surface area (Å²) in [6.45, 7) is 3.19. The van der Waals surface area contributed by atoms with Gasteiger partial charge in [0.25, 0.3) is 5.91 Å². The highest BCUT2D eigenvalue weighted by Gasteiger charge is 2.18. The van der Waals surface area contributed by atoms with Crippen LogP contribution in [0.25, 0.3) is 0 Å². The van der Waals surface area contributed by atoms with Gasteiger partial charge >= 0.3 is 0 Å². The zero-order chi connectivity index (χ0) is 17.6. The number of aromatic nitrogens is 3. The number of rotatable bonds is 7. The molecule has 0 saturated carbocycles. The molecule has 0 atom stereocenters. The van der Waals surface area contributed by atoms with E-state index in [0.29, 0.717) is 18.8 Å². The Balaban J connectivity index is 1.75. The van der Waals surface area contributed by atoms with E-state index in [1.807, 2.05) is 48.2 Å². The van der Waals surface area contributed by atoms with Gasteiger partial charge in [0.15, 0.2) is 5.16 Å². The summed E-state index contributed by atoms with van der Waals surface area (Å²) in [6, 6.07) is 11.5. The van der Waals surface area contributed by atoms with E-state index in [4.69, 9.17) is 11.6 Å². The number of amides is 1. The number of halogens is 1. The molecule has 0 saturated heterocycles. The number of nitrogens with zero attached hydrogens (tertiary/aromatic N) is 3. The van der Waals surface area contributed by atoms with Crippen LogP contribution in [0, 0.1) is 0 Å². The fourth-order valence-corrected chi connectivity index (χ4v) is 4.27. The minimum Gasteiger partial charge on any atom is -0.334 e. The van der Waals surface area contributed by atoms with Gasteiger partial charge in [-0.2, -0.15) is 5.10 Å². The summed E-state index contributed by atoms with van der Waals surface area (Å²) in [4.78, 5) is 20.0. The summed E-state index contributed by atoms with van der Waals surface area (Å²) >= 11 is 9.03. The molecule has 0 unspecified atom stereocenters. The maximum Gasteiger partial charge on any atom is 0.254 e. The third-order valence-electron chi connectivity index (χ3n) is 3.65. The van der Waals surface area contributed by atoms with E-state index in [1.165, 1.54) is 29.4 Å². The van der Waals surface area contributed by atoms with Crippen molar-refractivity contribution in [3.05, 3.63) is 63.1 Å². The normalized spacial score (nSPS) is 10.8. The van der Waals surface area contributed by atoms with E-state index in [-0.39, 0.29) is 5.91 Å². The molecule has 1 N–H and O–H groups in total. The first-order chi connectivity index (χ1) is 12.2. The maximum atomic E-state index is 13.0. The summed E-state index contributed by atoms with van der Waals surface area (Å²) < 4.78 is 0.738. The van der Waals surface area contributed by atoms with Crippen molar-refractivity contribution < 1.29 is 4.79 Å². The fourth-order valence-electron chi connectivity index (χ4n) is 2.39. The quantitative estimate of drug-likeness (QED) is 0.602. The standard InChI is InChI=1S/C17H17ClN4OS2/c1-2-22(9-13-7-8-15(18)25-13)16(23)14-6-4-3-5-12(14)10-24-17-19-11-20-21-17/h3-8,11H,2,9-10H2,1H3,(H,19,20,21). The topological polar surface area (TPSA) is 61.9 Å². The first kappa shape index (κ1) is 18.0. The summed E-state index contributed by atoms with van der Waals surface area (Å²) in [5.41, 5.74) is 1.70. The average Bonchev–Trinajstić information content (AvgIpc) is 3.29. The highest BCUT2D eigenvalue weighted by atomic mass is 35.5. The van der Waals surface area contributed by atoms with Crippen LogP contribution in [-0.4, -0.2) is 32.5 Å². The molecule has 8 heteroatoms. The number of hydrogen-bond acceptors (Lipinski definition) is 5. The first-order valence-electron chi connectivity index (χ1n) is 7.77. The highest BCUT2D eigenvalue weighted by Crippen LogP contribution is 2.25. The summed E-state index contributed by atoms with van der Waals surface area (Å²) in [6.07, 6.45) is 1.48. The molecule has 0 aliphatic rings. The zero-order valence-electron chi connectivity index (χ0n) is 13.6. The van der Waals surface area contributed by atoms with Gasteiger partial charge in [0.2, 0.25) is 0 Å². The predicted octanol–water partition coefficient (Wildman–Crippen LogP) is 4.47. The van der Waals surface area contributed by atoms with Crippen molar-refractivity contribution in [2.24, 2.45) is 0 Å². The first-order valence-corrected chi connectivity index (χ1v) is 9.95. The summed E-state index contributed by atoms with van der Waals surface area (Å²) in [7, 11) is 0. The fraction of sp³-hybridized carbons (Fsp3) is 0.235. The largest absolute Gasteiger partial charge is 0.334 e. The highest BCUT2D eigenvalue weighted by molar-refractivity contribution is 7.98. The summed E-state index contributed by atoms with van der Waals surface area (Å²) in [5.74, 6) is 0.681. The van der Waals surface area contributed by atoms with Crippen LogP contribution in [0.15, 0.2) is 47.9 Å². The van der Waals surface area contributed by atoms with Crippen LogP contribution in [0.4, 0.5) is 0 Å². The number of thioether (sulfide) groups is 1. The molecule has 0 radical (unpaired) electrons. The second kappa shape index (κ2) is 8.51. The number of carbonyl (C=O) groups is 1. The Morgan fingerprint density at radius 3 is 2.84 bits per heavy atom. The van der Waals surface area contributed by atoms with Gasteiger partial charge in [-0.1, -0.05) is 41.6 Å². The molecule has 2 aromatic heterocycles. The molecule has 0 spiro atoms. The molecule has 0 fully saturated rings. The van der Waals surface area contributed by atoms with Gasteiger partial charge in [-0.25, -0.2) is 4.98 Å². The van der Waals surface area contributed by atoms with Crippen LogP contribution in [0.5, 0.6) is 0 Å². The number of carbonyl (C=O) groups excluding carboxylic acids is 1. The number of benzene rings is 1. The number of aromatic amines is 1. The van der Waals surface area contributed by atoms with Gasteiger partial charge in [-0.3, -0.25) is 9.89 Å². The number of H-pyrrole nitrogens is 1. The Morgan fingerprint density at radius 1 is 1.32 bits per heavy atom. The van der Waals surface area contributed by atoms with Crippen LogP contribution in [0.3, 0.4) is 0 Å². The average molecular weight is 393 g/mol. The second-order valence-corrected chi connectivity index (χ2v) is 8.03. The van der Waals surface area contributed by atoms with Crippen LogP contribution >= 0.6 is 34.7 Å². The van der Waals surface area contributed by atoms with E-state index >= 15 is 0 Å². The van der Waals surface area contributed by atoms with Crippen molar-refractivity contribution in [2.45, 2.75) is 24.4 Å². The molecule has 0 aliphatic carbocycles. The molecule has 25 heavy (non-hydrogen) atoms. The molecular weight excluding hydrogens is 376 g/mol. The molecule has 1 amide bonds. The Bertz CT molecular complexity index is 835.